The van der Waals surface area contributed by atoms with Crippen molar-refractivity contribution in [3.05, 3.63) is 12.3 Å². The number of nitrogens with two attached hydrogens (primary N) is 1. The van der Waals surface area contributed by atoms with E-state index in [1.54, 1.807) is 6.07 Å². The normalized spacial score (nSPS) is 11.7. The molecule has 0 atom stereocenters. The fourth-order valence-corrected chi connectivity index (χ4v) is 1.69. The molecule has 0 saturated carbocycles. The molecule has 0 amide bonds. The Labute approximate surface area is 94.7 Å². The summed E-state index contributed by atoms with van der Waals surface area (Å²) in [5.74, 6) is 0.672. The van der Waals surface area contributed by atoms with Crippen LogP contribution < -0.4 is 11.1 Å². The molecule has 7 nitrogen and oxygen atoms in total. The van der Waals surface area contributed by atoms with Gasteiger partial charge >= 0.3 is 0 Å². The average molecular weight is 245 g/mol. The van der Waals surface area contributed by atoms with Crippen LogP contribution in [0.3, 0.4) is 0 Å². The number of anilines is 2. The Bertz CT molecular complexity index is 445. The van der Waals surface area contributed by atoms with E-state index in [4.69, 9.17) is 5.73 Å². The zero-order valence-electron chi connectivity index (χ0n) is 9.21. The largest absolute Gasteiger partial charge is 0.369 e. The first-order valence-electron chi connectivity index (χ1n) is 4.64. The summed E-state index contributed by atoms with van der Waals surface area (Å²) in [7, 11) is -0.186. The lowest BCUT2D eigenvalue weighted by Crippen LogP contribution is -2.28. The molecule has 0 aliphatic carbocycles. The van der Waals surface area contributed by atoms with Crippen LogP contribution in [-0.4, -0.2) is 49.1 Å². The summed E-state index contributed by atoms with van der Waals surface area (Å²) in [6.45, 7) is 0.275. The van der Waals surface area contributed by atoms with E-state index in [0.29, 0.717) is 5.82 Å². The number of aromatic nitrogens is 2. The third kappa shape index (κ3) is 3.63. The van der Waals surface area contributed by atoms with Crippen LogP contribution in [0.2, 0.25) is 0 Å². The second-order valence-electron chi connectivity index (χ2n) is 3.33. The minimum atomic E-state index is -3.18. The van der Waals surface area contributed by atoms with Gasteiger partial charge in [-0.3, -0.25) is 0 Å². The predicted octanol–water partition coefficient (Wildman–Crippen LogP) is -0.638. The van der Waals surface area contributed by atoms with E-state index in [0.717, 1.165) is 0 Å². The van der Waals surface area contributed by atoms with Gasteiger partial charge in [0.2, 0.25) is 16.0 Å². The Morgan fingerprint density at radius 2 is 2.19 bits per heavy atom. The topological polar surface area (TPSA) is 101 Å². The van der Waals surface area contributed by atoms with Crippen LogP contribution in [0.1, 0.15) is 0 Å². The predicted molar refractivity (Wildman–Crippen MR) is 62.4 cm³/mol. The van der Waals surface area contributed by atoms with E-state index < -0.39 is 10.0 Å². The van der Waals surface area contributed by atoms with Crippen molar-refractivity contribution in [2.24, 2.45) is 0 Å². The SMILES string of the molecule is CN(C)S(=O)(=O)CCNc1ccnc(N)n1. The van der Waals surface area contributed by atoms with E-state index >= 15 is 0 Å². The molecular formula is C8H15N5O2S. The molecule has 0 spiro atoms. The average Bonchev–Trinajstić information content (AvgIpc) is 2.17. The minimum absolute atomic E-state index is 0.00388. The van der Waals surface area contributed by atoms with Crippen LogP contribution >= 0.6 is 0 Å². The standard InChI is InChI=1S/C8H15N5O2S/c1-13(2)16(14,15)6-5-10-7-3-4-11-8(9)12-7/h3-4H,5-6H2,1-2H3,(H3,9,10,11,12). The van der Waals surface area contributed by atoms with Gasteiger partial charge < -0.3 is 11.1 Å². The van der Waals surface area contributed by atoms with E-state index in [1.807, 2.05) is 0 Å². The molecular weight excluding hydrogens is 230 g/mol. The Morgan fingerprint density at radius 3 is 2.75 bits per heavy atom. The van der Waals surface area contributed by atoms with Gasteiger partial charge in [0.1, 0.15) is 5.82 Å². The Hall–Kier alpha value is -1.41. The molecule has 1 aromatic rings. The van der Waals surface area contributed by atoms with Crippen molar-refractivity contribution in [1.29, 1.82) is 0 Å². The van der Waals surface area contributed by atoms with E-state index in [1.165, 1.54) is 24.6 Å². The van der Waals surface area contributed by atoms with Crippen LogP contribution in [0.25, 0.3) is 0 Å². The van der Waals surface area contributed by atoms with E-state index in [2.05, 4.69) is 15.3 Å². The zero-order chi connectivity index (χ0) is 12.2. The van der Waals surface area contributed by atoms with Crippen molar-refractivity contribution in [2.75, 3.05) is 37.4 Å². The van der Waals surface area contributed by atoms with Gasteiger partial charge in [-0.05, 0) is 6.07 Å². The first-order valence-corrected chi connectivity index (χ1v) is 6.25. The Morgan fingerprint density at radius 1 is 1.50 bits per heavy atom. The van der Waals surface area contributed by atoms with Gasteiger partial charge in [-0.1, -0.05) is 0 Å². The maximum Gasteiger partial charge on any atom is 0.221 e. The summed E-state index contributed by atoms with van der Waals surface area (Å²) in [4.78, 5) is 7.61. The fraction of sp³-hybridized carbons (Fsp3) is 0.500. The monoisotopic (exact) mass is 245 g/mol. The number of nitrogens with one attached hydrogen (secondary N) is 1. The first-order chi connectivity index (χ1) is 7.42. The third-order valence-electron chi connectivity index (χ3n) is 1.90. The van der Waals surface area contributed by atoms with Crippen LogP contribution in [0.5, 0.6) is 0 Å². The van der Waals surface area contributed by atoms with Gasteiger partial charge in [0.15, 0.2) is 0 Å². The van der Waals surface area contributed by atoms with Crippen molar-refractivity contribution in [2.45, 2.75) is 0 Å². The maximum atomic E-state index is 11.4. The fourth-order valence-electron chi connectivity index (χ4n) is 0.963. The number of nitrogen functional groups attached to an aromatic ring is 1. The molecule has 90 valence electrons. The summed E-state index contributed by atoms with van der Waals surface area (Å²) >= 11 is 0. The molecule has 0 saturated heterocycles. The van der Waals surface area contributed by atoms with Crippen LogP contribution in [-0.2, 0) is 10.0 Å². The molecule has 0 bridgehead atoms. The Balaban J connectivity index is 2.48. The van der Waals surface area contributed by atoms with E-state index in [9.17, 15) is 8.42 Å². The highest BCUT2D eigenvalue weighted by Gasteiger charge is 2.12. The highest BCUT2D eigenvalue weighted by molar-refractivity contribution is 7.89. The number of hydrogen-bond donors (Lipinski definition) is 2. The quantitative estimate of drug-likeness (QED) is 0.715. The number of rotatable bonds is 5. The molecule has 16 heavy (non-hydrogen) atoms. The van der Waals surface area contributed by atoms with E-state index in [-0.39, 0.29) is 18.2 Å². The van der Waals surface area contributed by atoms with Gasteiger partial charge in [0.05, 0.1) is 5.75 Å². The van der Waals surface area contributed by atoms with Crippen molar-refractivity contribution in [3.8, 4) is 0 Å². The molecule has 0 aliphatic rings. The molecule has 0 aliphatic heterocycles. The summed E-state index contributed by atoms with van der Waals surface area (Å²) in [5, 5.41) is 2.86. The minimum Gasteiger partial charge on any atom is -0.369 e. The van der Waals surface area contributed by atoms with Gasteiger partial charge in [-0.15, -0.1) is 0 Å². The lowest BCUT2D eigenvalue weighted by molar-refractivity contribution is 0.521. The summed E-state index contributed by atoms with van der Waals surface area (Å²) in [6.07, 6.45) is 1.51. The van der Waals surface area contributed by atoms with Crippen LogP contribution in [0.15, 0.2) is 12.3 Å². The molecule has 0 fully saturated rings. The Kier molecular flexibility index (Phi) is 4.02. The van der Waals surface area contributed by atoms with Crippen molar-refractivity contribution >= 4 is 21.8 Å². The number of sulfonamides is 1. The second-order valence-corrected chi connectivity index (χ2v) is 5.63. The molecule has 0 radical (unpaired) electrons. The highest BCUT2D eigenvalue weighted by atomic mass is 32.2. The molecule has 0 aromatic carbocycles. The van der Waals surface area contributed by atoms with Crippen molar-refractivity contribution in [1.82, 2.24) is 14.3 Å². The summed E-state index contributed by atoms with van der Waals surface area (Å²) in [6, 6.07) is 1.62. The van der Waals surface area contributed by atoms with Crippen LogP contribution in [0, 0.1) is 0 Å². The molecule has 0 unspecified atom stereocenters. The molecule has 1 aromatic heterocycles. The molecule has 1 rings (SSSR count). The first kappa shape index (κ1) is 12.7. The van der Waals surface area contributed by atoms with Crippen molar-refractivity contribution in [3.63, 3.8) is 0 Å². The second kappa shape index (κ2) is 5.08. The summed E-state index contributed by atoms with van der Waals surface area (Å²) < 4.78 is 24.0. The third-order valence-corrected chi connectivity index (χ3v) is 3.73. The van der Waals surface area contributed by atoms with Gasteiger partial charge in [-0.2, -0.15) is 4.98 Å². The molecule has 8 heteroatoms. The smallest absolute Gasteiger partial charge is 0.221 e. The zero-order valence-corrected chi connectivity index (χ0v) is 10.0. The highest BCUT2D eigenvalue weighted by Crippen LogP contribution is 2.02. The maximum absolute atomic E-state index is 11.4. The van der Waals surface area contributed by atoms with Crippen LogP contribution in [0.4, 0.5) is 11.8 Å². The van der Waals surface area contributed by atoms with Crippen molar-refractivity contribution < 1.29 is 8.42 Å². The molecule has 1 heterocycles. The summed E-state index contributed by atoms with van der Waals surface area (Å²) in [5.41, 5.74) is 5.38. The number of hydrogen-bond acceptors (Lipinski definition) is 6. The number of nitrogens with zero attached hydrogens (tertiary/aromatic N) is 3. The van der Waals surface area contributed by atoms with Gasteiger partial charge in [-0.25, -0.2) is 17.7 Å². The van der Waals surface area contributed by atoms with Gasteiger partial charge in [0, 0.05) is 26.8 Å². The van der Waals surface area contributed by atoms with Gasteiger partial charge in [0.25, 0.3) is 0 Å². The molecule has 3 N–H and O–H groups in total. The lowest BCUT2D eigenvalue weighted by atomic mass is 10.5. The lowest BCUT2D eigenvalue weighted by Gasteiger charge is -2.11.